The van der Waals surface area contributed by atoms with Crippen molar-refractivity contribution in [3.8, 4) is 5.40 Å². The summed E-state index contributed by atoms with van der Waals surface area (Å²) >= 11 is 7.20. The fourth-order valence-corrected chi connectivity index (χ4v) is 1.62. The molecule has 1 unspecified atom stereocenters. The molecule has 0 N–H and O–H groups in total. The molecule has 1 aromatic carbocycles. The lowest BCUT2D eigenvalue weighted by Gasteiger charge is -2.05. The summed E-state index contributed by atoms with van der Waals surface area (Å²) in [6.45, 7) is 0. The van der Waals surface area contributed by atoms with Gasteiger partial charge in [-0.2, -0.15) is 5.26 Å². The van der Waals surface area contributed by atoms with Gasteiger partial charge in [-0.05, 0) is 17.3 Å². The molecule has 0 aliphatic carbocycles. The average Bonchev–Trinajstić information content (AvgIpc) is 2.15. The van der Waals surface area contributed by atoms with E-state index in [0.29, 0.717) is 5.75 Å². The van der Waals surface area contributed by atoms with Crippen molar-refractivity contribution < 1.29 is 0 Å². The zero-order chi connectivity index (χ0) is 8.81. The van der Waals surface area contributed by atoms with E-state index in [1.165, 1.54) is 11.8 Å². The van der Waals surface area contributed by atoms with Crippen LogP contribution in [0.15, 0.2) is 30.3 Å². The maximum absolute atomic E-state index is 8.32. The minimum Gasteiger partial charge on any atom is -0.185 e. The highest BCUT2D eigenvalue weighted by Gasteiger charge is 2.05. The van der Waals surface area contributed by atoms with E-state index in [1.807, 2.05) is 35.7 Å². The number of rotatable bonds is 3. The predicted molar refractivity (Wildman–Crippen MR) is 53.1 cm³/mol. The first-order chi connectivity index (χ1) is 5.84. The summed E-state index contributed by atoms with van der Waals surface area (Å²) in [7, 11) is 0. The minimum atomic E-state index is -0.0594. The van der Waals surface area contributed by atoms with Gasteiger partial charge in [-0.25, -0.2) is 0 Å². The standard InChI is InChI=1S/C9H8ClNS/c10-9(6-12-7-11)8-4-2-1-3-5-8/h1-5,9H,6H2. The molecule has 1 aromatic rings. The lowest BCUT2D eigenvalue weighted by Crippen LogP contribution is -1.91. The molecule has 0 spiro atoms. The number of alkyl halides is 1. The maximum Gasteiger partial charge on any atom is 0.133 e. The fourth-order valence-electron chi connectivity index (χ4n) is 0.869. The van der Waals surface area contributed by atoms with Crippen LogP contribution >= 0.6 is 23.4 Å². The molecular weight excluding hydrogens is 190 g/mol. The number of nitriles is 1. The van der Waals surface area contributed by atoms with Crippen LogP contribution in [0, 0.1) is 10.7 Å². The van der Waals surface area contributed by atoms with Crippen molar-refractivity contribution in [2.24, 2.45) is 0 Å². The van der Waals surface area contributed by atoms with Crippen molar-refractivity contribution in [2.45, 2.75) is 5.38 Å². The molecule has 0 heterocycles. The number of hydrogen-bond donors (Lipinski definition) is 0. The van der Waals surface area contributed by atoms with E-state index in [4.69, 9.17) is 16.9 Å². The molecule has 0 aromatic heterocycles. The molecule has 62 valence electrons. The van der Waals surface area contributed by atoms with Gasteiger partial charge in [0.2, 0.25) is 0 Å². The molecule has 1 atom stereocenters. The van der Waals surface area contributed by atoms with E-state index in [2.05, 4.69) is 0 Å². The number of benzene rings is 1. The number of thiocyanates is 1. The highest BCUT2D eigenvalue weighted by molar-refractivity contribution is 8.03. The van der Waals surface area contributed by atoms with Crippen LogP contribution < -0.4 is 0 Å². The Labute approximate surface area is 81.3 Å². The Morgan fingerprint density at radius 1 is 1.42 bits per heavy atom. The summed E-state index contributed by atoms with van der Waals surface area (Å²) in [6, 6.07) is 9.78. The fraction of sp³-hybridized carbons (Fsp3) is 0.222. The van der Waals surface area contributed by atoms with Gasteiger partial charge in [0.1, 0.15) is 5.40 Å². The minimum absolute atomic E-state index is 0.0594. The summed E-state index contributed by atoms with van der Waals surface area (Å²) < 4.78 is 0. The molecule has 3 heteroatoms. The van der Waals surface area contributed by atoms with Gasteiger partial charge in [-0.3, -0.25) is 0 Å². The lowest BCUT2D eigenvalue weighted by molar-refractivity contribution is 1.10. The van der Waals surface area contributed by atoms with E-state index in [-0.39, 0.29) is 5.38 Å². The second-order valence-electron chi connectivity index (χ2n) is 2.28. The molecule has 0 fully saturated rings. The van der Waals surface area contributed by atoms with Gasteiger partial charge in [-0.15, -0.1) is 11.6 Å². The Balaban J connectivity index is 2.55. The number of thioether (sulfide) groups is 1. The topological polar surface area (TPSA) is 23.8 Å². The van der Waals surface area contributed by atoms with E-state index < -0.39 is 0 Å². The van der Waals surface area contributed by atoms with E-state index >= 15 is 0 Å². The van der Waals surface area contributed by atoms with Gasteiger partial charge in [0.05, 0.1) is 5.38 Å². The summed E-state index contributed by atoms with van der Waals surface area (Å²) in [5.41, 5.74) is 1.07. The third-order valence-corrected chi connectivity index (χ3v) is 2.67. The third-order valence-electron chi connectivity index (χ3n) is 1.46. The third kappa shape index (κ3) is 2.77. The Morgan fingerprint density at radius 3 is 2.67 bits per heavy atom. The zero-order valence-corrected chi connectivity index (χ0v) is 7.98. The Kier molecular flexibility index (Phi) is 3.99. The van der Waals surface area contributed by atoms with Crippen molar-refractivity contribution in [1.29, 1.82) is 5.26 Å². The maximum atomic E-state index is 8.32. The van der Waals surface area contributed by atoms with E-state index in [9.17, 15) is 0 Å². The summed E-state index contributed by atoms with van der Waals surface area (Å²) in [4.78, 5) is 0. The number of nitrogens with zero attached hydrogens (tertiary/aromatic N) is 1. The molecule has 0 radical (unpaired) electrons. The van der Waals surface area contributed by atoms with Gasteiger partial charge >= 0.3 is 0 Å². The lowest BCUT2D eigenvalue weighted by atomic mass is 10.2. The summed E-state index contributed by atoms with van der Waals surface area (Å²) in [6.07, 6.45) is 0. The van der Waals surface area contributed by atoms with Gasteiger partial charge in [-0.1, -0.05) is 30.3 Å². The van der Waals surface area contributed by atoms with E-state index in [1.54, 1.807) is 0 Å². The van der Waals surface area contributed by atoms with E-state index in [0.717, 1.165) is 5.56 Å². The van der Waals surface area contributed by atoms with Crippen molar-refractivity contribution >= 4 is 23.4 Å². The van der Waals surface area contributed by atoms with Crippen LogP contribution in [-0.4, -0.2) is 5.75 Å². The van der Waals surface area contributed by atoms with Gasteiger partial charge in [0.25, 0.3) is 0 Å². The van der Waals surface area contributed by atoms with Crippen LogP contribution in [0.5, 0.6) is 0 Å². The molecule has 0 saturated heterocycles. The Hall–Kier alpha value is -0.650. The normalized spacial score (nSPS) is 12.0. The first-order valence-electron chi connectivity index (χ1n) is 3.54. The quantitative estimate of drug-likeness (QED) is 0.549. The Morgan fingerprint density at radius 2 is 2.08 bits per heavy atom. The number of halogens is 1. The van der Waals surface area contributed by atoms with Crippen LogP contribution in [0.25, 0.3) is 0 Å². The first-order valence-corrected chi connectivity index (χ1v) is 4.96. The molecule has 0 aliphatic heterocycles. The summed E-state index contributed by atoms with van der Waals surface area (Å²) in [5.74, 6) is 0.641. The summed E-state index contributed by atoms with van der Waals surface area (Å²) in [5, 5.41) is 10.3. The molecule has 0 aliphatic rings. The smallest absolute Gasteiger partial charge is 0.133 e. The zero-order valence-electron chi connectivity index (χ0n) is 6.40. The molecule has 0 amide bonds. The highest BCUT2D eigenvalue weighted by atomic mass is 35.5. The predicted octanol–water partition coefficient (Wildman–Crippen LogP) is 3.18. The molecule has 1 rings (SSSR count). The van der Waals surface area contributed by atoms with Gasteiger partial charge < -0.3 is 0 Å². The average molecular weight is 198 g/mol. The second-order valence-corrected chi connectivity index (χ2v) is 3.61. The van der Waals surface area contributed by atoms with Gasteiger partial charge in [0, 0.05) is 5.75 Å². The highest BCUT2D eigenvalue weighted by Crippen LogP contribution is 2.23. The van der Waals surface area contributed by atoms with Crippen LogP contribution in [0.4, 0.5) is 0 Å². The van der Waals surface area contributed by atoms with Crippen LogP contribution in [-0.2, 0) is 0 Å². The van der Waals surface area contributed by atoms with Crippen molar-refractivity contribution in [3.05, 3.63) is 35.9 Å². The largest absolute Gasteiger partial charge is 0.185 e. The van der Waals surface area contributed by atoms with Crippen molar-refractivity contribution in [2.75, 3.05) is 5.75 Å². The Bertz CT molecular complexity index is 268. The molecule has 0 bridgehead atoms. The van der Waals surface area contributed by atoms with Gasteiger partial charge in [0.15, 0.2) is 0 Å². The molecule has 12 heavy (non-hydrogen) atoms. The number of hydrogen-bond acceptors (Lipinski definition) is 2. The van der Waals surface area contributed by atoms with Crippen LogP contribution in [0.2, 0.25) is 0 Å². The van der Waals surface area contributed by atoms with Crippen molar-refractivity contribution in [3.63, 3.8) is 0 Å². The van der Waals surface area contributed by atoms with Crippen LogP contribution in [0.3, 0.4) is 0 Å². The molecule has 1 nitrogen and oxygen atoms in total. The molecular formula is C9H8ClNS. The van der Waals surface area contributed by atoms with Crippen molar-refractivity contribution in [1.82, 2.24) is 0 Å². The monoisotopic (exact) mass is 197 g/mol. The van der Waals surface area contributed by atoms with Crippen LogP contribution in [0.1, 0.15) is 10.9 Å². The SMILES string of the molecule is N#CSCC(Cl)c1ccccc1. The molecule has 0 saturated carbocycles. The first kappa shape index (κ1) is 9.44. The second kappa shape index (κ2) is 5.08.